The van der Waals surface area contributed by atoms with Gasteiger partial charge in [-0.05, 0) is 59.9 Å². The molecule has 0 bridgehead atoms. The van der Waals surface area contributed by atoms with Crippen molar-refractivity contribution in [2.45, 2.75) is 67.2 Å². The summed E-state index contributed by atoms with van der Waals surface area (Å²) in [5, 5.41) is 11.2. The molecule has 7 heteroatoms. The highest BCUT2D eigenvalue weighted by molar-refractivity contribution is 6.00. The predicted octanol–water partition coefficient (Wildman–Crippen LogP) is 8.53. The number of benzene rings is 3. The molecule has 1 aromatic heterocycles. The van der Waals surface area contributed by atoms with Crippen molar-refractivity contribution in [2.24, 2.45) is 5.92 Å². The van der Waals surface area contributed by atoms with Crippen LogP contribution in [0.1, 0.15) is 75.8 Å². The van der Waals surface area contributed by atoms with Crippen molar-refractivity contribution in [3.05, 3.63) is 95.2 Å². The number of anilines is 2. The predicted molar refractivity (Wildman–Crippen MR) is 177 cm³/mol. The first-order chi connectivity index (χ1) is 20.5. The molecule has 0 aliphatic heterocycles. The Morgan fingerprint density at radius 1 is 0.791 bits per heavy atom. The molecule has 3 amide bonds. The molecule has 0 aliphatic rings. The Bertz CT molecular complexity index is 1540. The zero-order valence-electron chi connectivity index (χ0n) is 26.7. The first-order valence-corrected chi connectivity index (χ1v) is 15.2. The van der Waals surface area contributed by atoms with Gasteiger partial charge < -0.3 is 15.5 Å². The monoisotopic (exact) mass is 579 g/mol. The molecule has 4 rings (SSSR count). The Balaban J connectivity index is 1.68. The SMILES string of the molecule is Cc1ccccc1-n1nc(C)c(-c2ccccc2)c1NC(=O)CN(CC(C)C)C(=O)Nc1c(C(C)C)cccc1C(C)C. The fraction of sp³-hybridized carbons (Fsp3) is 0.361. The van der Waals surface area contributed by atoms with Gasteiger partial charge in [-0.1, -0.05) is 108 Å². The standard InChI is InChI=1S/C36H45N5O2/c1-23(2)21-40(36(43)38-34-29(24(3)4)18-14-19-30(34)25(5)6)22-32(42)37-35-33(28-16-10-9-11-17-28)27(8)39-41(35)31-20-13-12-15-26(31)7/h9-20,23-25H,21-22H2,1-8H3,(H,37,42)(H,38,43). The van der Waals surface area contributed by atoms with E-state index in [2.05, 4.69) is 50.5 Å². The number of nitrogens with zero attached hydrogens (tertiary/aromatic N) is 3. The van der Waals surface area contributed by atoms with Crippen molar-refractivity contribution in [1.29, 1.82) is 0 Å². The zero-order chi connectivity index (χ0) is 31.3. The van der Waals surface area contributed by atoms with E-state index in [1.165, 1.54) is 0 Å². The molecule has 4 aromatic rings. The van der Waals surface area contributed by atoms with Gasteiger partial charge in [0, 0.05) is 17.8 Å². The Kier molecular flexibility index (Phi) is 10.1. The number of aryl methyl sites for hydroxylation is 2. The summed E-state index contributed by atoms with van der Waals surface area (Å²) in [6.07, 6.45) is 0. The smallest absolute Gasteiger partial charge is 0.315 e. The number of carbonyl (C=O) groups is 2. The Morgan fingerprint density at radius 2 is 1.40 bits per heavy atom. The number of carbonyl (C=O) groups excluding carboxylic acids is 2. The van der Waals surface area contributed by atoms with Gasteiger partial charge in [0.05, 0.1) is 11.4 Å². The summed E-state index contributed by atoms with van der Waals surface area (Å²) in [6, 6.07) is 23.8. The number of amides is 3. The van der Waals surface area contributed by atoms with Crippen LogP contribution in [-0.4, -0.2) is 39.7 Å². The third-order valence-corrected chi connectivity index (χ3v) is 7.54. The summed E-state index contributed by atoms with van der Waals surface area (Å²) in [5.41, 5.74) is 7.52. The van der Waals surface area contributed by atoms with Gasteiger partial charge in [0.25, 0.3) is 0 Å². The molecule has 0 spiro atoms. The molecule has 2 N–H and O–H groups in total. The second-order valence-corrected chi connectivity index (χ2v) is 12.2. The van der Waals surface area contributed by atoms with Gasteiger partial charge in [0.2, 0.25) is 5.91 Å². The van der Waals surface area contributed by atoms with Crippen LogP contribution in [0, 0.1) is 19.8 Å². The van der Waals surface area contributed by atoms with E-state index in [0.29, 0.717) is 12.4 Å². The molecular formula is C36H45N5O2. The van der Waals surface area contributed by atoms with Gasteiger partial charge in [0.15, 0.2) is 0 Å². The van der Waals surface area contributed by atoms with E-state index in [0.717, 1.165) is 44.9 Å². The molecule has 43 heavy (non-hydrogen) atoms. The minimum Gasteiger partial charge on any atom is -0.315 e. The van der Waals surface area contributed by atoms with Crippen LogP contribution in [0.25, 0.3) is 16.8 Å². The summed E-state index contributed by atoms with van der Waals surface area (Å²) in [7, 11) is 0. The van der Waals surface area contributed by atoms with Crippen LogP contribution in [0.5, 0.6) is 0 Å². The van der Waals surface area contributed by atoms with Crippen molar-refractivity contribution in [1.82, 2.24) is 14.7 Å². The number of para-hydroxylation sites is 2. The summed E-state index contributed by atoms with van der Waals surface area (Å²) < 4.78 is 1.80. The number of hydrogen-bond acceptors (Lipinski definition) is 3. The first-order valence-electron chi connectivity index (χ1n) is 15.2. The van der Waals surface area contributed by atoms with Gasteiger partial charge >= 0.3 is 6.03 Å². The maximum atomic E-state index is 13.8. The quantitative estimate of drug-likeness (QED) is 0.198. The lowest BCUT2D eigenvalue weighted by Crippen LogP contribution is -2.43. The summed E-state index contributed by atoms with van der Waals surface area (Å²) in [6.45, 7) is 16.9. The molecule has 0 aliphatic carbocycles. The third kappa shape index (κ3) is 7.34. The number of urea groups is 1. The Labute approximate surface area is 256 Å². The number of aromatic nitrogens is 2. The van der Waals surface area contributed by atoms with Gasteiger partial charge in [-0.2, -0.15) is 5.10 Å². The van der Waals surface area contributed by atoms with Crippen LogP contribution in [0.4, 0.5) is 16.3 Å². The lowest BCUT2D eigenvalue weighted by Gasteiger charge is -2.27. The molecule has 3 aromatic carbocycles. The molecule has 0 unspecified atom stereocenters. The van der Waals surface area contributed by atoms with Crippen molar-refractivity contribution in [3.8, 4) is 16.8 Å². The third-order valence-electron chi connectivity index (χ3n) is 7.54. The Hall–Kier alpha value is -4.39. The zero-order valence-corrected chi connectivity index (χ0v) is 26.7. The molecule has 1 heterocycles. The van der Waals surface area contributed by atoms with Gasteiger partial charge in [0.1, 0.15) is 12.4 Å². The van der Waals surface area contributed by atoms with E-state index < -0.39 is 0 Å². The maximum Gasteiger partial charge on any atom is 0.322 e. The number of hydrogen-bond donors (Lipinski definition) is 2. The largest absolute Gasteiger partial charge is 0.322 e. The summed E-state index contributed by atoms with van der Waals surface area (Å²) in [4.78, 5) is 29.2. The Morgan fingerprint density at radius 3 is 1.98 bits per heavy atom. The van der Waals surface area contributed by atoms with Crippen molar-refractivity contribution < 1.29 is 9.59 Å². The van der Waals surface area contributed by atoms with E-state index in [4.69, 9.17) is 5.10 Å². The van der Waals surface area contributed by atoms with Gasteiger partial charge in [-0.15, -0.1) is 0 Å². The molecule has 0 radical (unpaired) electrons. The molecule has 0 saturated heterocycles. The highest BCUT2D eigenvalue weighted by Crippen LogP contribution is 2.35. The maximum absolute atomic E-state index is 13.8. The number of nitrogens with one attached hydrogen (secondary N) is 2. The fourth-order valence-electron chi connectivity index (χ4n) is 5.45. The van der Waals surface area contributed by atoms with E-state index >= 15 is 0 Å². The van der Waals surface area contributed by atoms with Crippen LogP contribution in [0.3, 0.4) is 0 Å². The van der Waals surface area contributed by atoms with Gasteiger partial charge in [-0.25, -0.2) is 9.48 Å². The normalized spacial score (nSPS) is 11.3. The van der Waals surface area contributed by atoms with Gasteiger partial charge in [-0.3, -0.25) is 4.79 Å². The van der Waals surface area contributed by atoms with Crippen LogP contribution >= 0.6 is 0 Å². The highest BCUT2D eigenvalue weighted by Gasteiger charge is 2.25. The summed E-state index contributed by atoms with van der Waals surface area (Å²) >= 11 is 0. The van der Waals surface area contributed by atoms with Crippen LogP contribution in [0.2, 0.25) is 0 Å². The molecule has 7 nitrogen and oxygen atoms in total. The van der Waals surface area contributed by atoms with Crippen LogP contribution < -0.4 is 10.6 Å². The molecule has 226 valence electrons. The summed E-state index contributed by atoms with van der Waals surface area (Å²) in [5.74, 6) is 0.932. The van der Waals surface area contributed by atoms with E-state index in [9.17, 15) is 9.59 Å². The molecule has 0 saturated carbocycles. The van der Waals surface area contributed by atoms with Crippen LogP contribution in [0.15, 0.2) is 72.8 Å². The van der Waals surface area contributed by atoms with Crippen molar-refractivity contribution in [3.63, 3.8) is 0 Å². The lowest BCUT2D eigenvalue weighted by atomic mass is 9.93. The average Bonchev–Trinajstić information content (AvgIpc) is 3.27. The molecular weight excluding hydrogens is 534 g/mol. The first kappa shape index (κ1) is 31.5. The molecule has 0 fully saturated rings. The highest BCUT2D eigenvalue weighted by atomic mass is 16.2. The number of rotatable bonds is 10. The topological polar surface area (TPSA) is 79.3 Å². The average molecular weight is 580 g/mol. The fourth-order valence-corrected chi connectivity index (χ4v) is 5.45. The van der Waals surface area contributed by atoms with Crippen molar-refractivity contribution >= 4 is 23.4 Å². The van der Waals surface area contributed by atoms with Crippen molar-refractivity contribution in [2.75, 3.05) is 23.7 Å². The minimum atomic E-state index is -0.288. The van der Waals surface area contributed by atoms with E-state index in [1.54, 1.807) is 9.58 Å². The minimum absolute atomic E-state index is 0.100. The lowest BCUT2D eigenvalue weighted by molar-refractivity contribution is -0.116. The molecule has 0 atom stereocenters. The van der Waals surface area contributed by atoms with E-state index in [-0.39, 0.29) is 36.2 Å². The second-order valence-electron chi connectivity index (χ2n) is 12.2. The van der Waals surface area contributed by atoms with Crippen LogP contribution in [-0.2, 0) is 4.79 Å². The second kappa shape index (κ2) is 13.7. The van der Waals surface area contributed by atoms with E-state index in [1.807, 2.05) is 88.4 Å².